The lowest BCUT2D eigenvalue weighted by Gasteiger charge is -2.17. The first-order valence-corrected chi connectivity index (χ1v) is 7.68. The Morgan fingerprint density at radius 1 is 1.47 bits per heavy atom. The number of aromatic nitrogens is 4. The van der Waals surface area contributed by atoms with Crippen LogP contribution in [0.4, 0.5) is 0 Å². The van der Waals surface area contributed by atoms with Crippen molar-refractivity contribution in [1.29, 1.82) is 0 Å². The van der Waals surface area contributed by atoms with Crippen LogP contribution in [-0.2, 0) is 16.8 Å². The Bertz CT molecular complexity index is 471. The quantitative estimate of drug-likeness (QED) is 0.482. The Balaban J connectivity index is 1.67. The van der Waals surface area contributed by atoms with Crippen LogP contribution in [0.25, 0.3) is 0 Å². The standard InChI is InChI=1S/C9H19N7O2S/c1-16(6-2-5-10-8-3-4-8)19(17,18)11-7-9-12-14-15-13-9/h8,10-11H,2-7H2,1H3,(H,12,13,14,15). The van der Waals surface area contributed by atoms with Crippen LogP contribution < -0.4 is 10.0 Å². The van der Waals surface area contributed by atoms with Crippen LogP contribution in [0.5, 0.6) is 0 Å². The summed E-state index contributed by atoms with van der Waals surface area (Å²) in [6.07, 6.45) is 3.26. The van der Waals surface area contributed by atoms with Crippen molar-refractivity contribution in [2.75, 3.05) is 20.1 Å². The summed E-state index contributed by atoms with van der Waals surface area (Å²) in [4.78, 5) is 0. The number of nitrogens with one attached hydrogen (secondary N) is 3. The maximum Gasteiger partial charge on any atom is 0.279 e. The van der Waals surface area contributed by atoms with E-state index in [0.29, 0.717) is 18.4 Å². The molecule has 108 valence electrons. The first-order valence-electron chi connectivity index (χ1n) is 6.24. The van der Waals surface area contributed by atoms with E-state index in [4.69, 9.17) is 0 Å². The first-order chi connectivity index (χ1) is 9.08. The maximum absolute atomic E-state index is 11.9. The van der Waals surface area contributed by atoms with E-state index < -0.39 is 10.2 Å². The second kappa shape index (κ2) is 6.37. The average molecular weight is 289 g/mol. The fourth-order valence-electron chi connectivity index (χ4n) is 1.54. The minimum Gasteiger partial charge on any atom is -0.314 e. The molecule has 9 nitrogen and oxygen atoms in total. The van der Waals surface area contributed by atoms with E-state index in [9.17, 15) is 8.42 Å². The molecule has 0 aliphatic heterocycles. The van der Waals surface area contributed by atoms with Crippen LogP contribution in [0, 0.1) is 0 Å². The van der Waals surface area contributed by atoms with Crippen molar-refractivity contribution in [3.8, 4) is 0 Å². The van der Waals surface area contributed by atoms with E-state index in [0.717, 1.165) is 13.0 Å². The molecular weight excluding hydrogens is 270 g/mol. The molecule has 2 rings (SSSR count). The minimum atomic E-state index is -3.49. The monoisotopic (exact) mass is 289 g/mol. The van der Waals surface area contributed by atoms with Crippen LogP contribution in [0.15, 0.2) is 0 Å². The van der Waals surface area contributed by atoms with Gasteiger partial charge in [0.1, 0.15) is 0 Å². The van der Waals surface area contributed by atoms with Gasteiger partial charge in [0.15, 0.2) is 5.82 Å². The number of H-pyrrole nitrogens is 1. The van der Waals surface area contributed by atoms with Gasteiger partial charge in [0.05, 0.1) is 6.54 Å². The highest BCUT2D eigenvalue weighted by Gasteiger charge is 2.21. The van der Waals surface area contributed by atoms with E-state index in [2.05, 4.69) is 30.7 Å². The third-order valence-corrected chi connectivity index (χ3v) is 4.38. The van der Waals surface area contributed by atoms with E-state index in [1.165, 1.54) is 17.1 Å². The Kier molecular flexibility index (Phi) is 4.80. The second-order valence-electron chi connectivity index (χ2n) is 4.56. The summed E-state index contributed by atoms with van der Waals surface area (Å²) in [6, 6.07) is 0.651. The number of tetrazole rings is 1. The molecule has 0 amide bonds. The highest BCUT2D eigenvalue weighted by molar-refractivity contribution is 7.87. The molecule has 19 heavy (non-hydrogen) atoms. The molecule has 1 aromatic rings. The van der Waals surface area contributed by atoms with Crippen LogP contribution in [0.2, 0.25) is 0 Å². The third kappa shape index (κ3) is 4.82. The molecular formula is C9H19N7O2S. The van der Waals surface area contributed by atoms with Gasteiger partial charge in [0.25, 0.3) is 10.2 Å². The lowest BCUT2D eigenvalue weighted by Crippen LogP contribution is -2.39. The topological polar surface area (TPSA) is 116 Å². The molecule has 1 aliphatic carbocycles. The zero-order valence-corrected chi connectivity index (χ0v) is 11.7. The Morgan fingerprint density at radius 2 is 2.26 bits per heavy atom. The highest BCUT2D eigenvalue weighted by Crippen LogP contribution is 2.18. The summed E-state index contributed by atoms with van der Waals surface area (Å²) in [6.45, 7) is 1.35. The second-order valence-corrected chi connectivity index (χ2v) is 6.42. The zero-order valence-electron chi connectivity index (χ0n) is 10.8. The van der Waals surface area contributed by atoms with Crippen molar-refractivity contribution in [3.63, 3.8) is 0 Å². The molecule has 0 bridgehead atoms. The van der Waals surface area contributed by atoms with Crippen molar-refractivity contribution >= 4 is 10.2 Å². The highest BCUT2D eigenvalue weighted by atomic mass is 32.2. The van der Waals surface area contributed by atoms with Crippen LogP contribution >= 0.6 is 0 Å². The lowest BCUT2D eigenvalue weighted by atomic mass is 10.4. The Labute approximate surface area is 112 Å². The molecule has 0 atom stereocenters. The van der Waals surface area contributed by atoms with Crippen molar-refractivity contribution < 1.29 is 8.42 Å². The summed E-state index contributed by atoms with van der Waals surface area (Å²) < 4.78 is 27.5. The van der Waals surface area contributed by atoms with Gasteiger partial charge in [-0.25, -0.2) is 0 Å². The number of hydrogen-bond acceptors (Lipinski definition) is 6. The molecule has 3 N–H and O–H groups in total. The molecule has 1 aliphatic rings. The SMILES string of the molecule is CN(CCCNC1CC1)S(=O)(=O)NCc1nn[nH]n1. The fraction of sp³-hybridized carbons (Fsp3) is 0.889. The summed E-state index contributed by atoms with van der Waals surface area (Å²) in [7, 11) is -1.94. The zero-order chi connectivity index (χ0) is 13.7. The van der Waals surface area contributed by atoms with Gasteiger partial charge in [-0.2, -0.15) is 22.7 Å². The lowest BCUT2D eigenvalue weighted by molar-refractivity contribution is 0.443. The van der Waals surface area contributed by atoms with Gasteiger partial charge in [-0.3, -0.25) is 0 Å². The molecule has 1 heterocycles. The predicted molar refractivity (Wildman–Crippen MR) is 68.2 cm³/mol. The van der Waals surface area contributed by atoms with Crippen molar-refractivity contribution in [2.24, 2.45) is 0 Å². The van der Waals surface area contributed by atoms with Gasteiger partial charge in [-0.1, -0.05) is 5.21 Å². The molecule has 1 fully saturated rings. The Morgan fingerprint density at radius 3 is 2.89 bits per heavy atom. The Hall–Kier alpha value is -1.10. The van der Waals surface area contributed by atoms with Gasteiger partial charge in [0, 0.05) is 19.6 Å². The third-order valence-electron chi connectivity index (χ3n) is 2.87. The first kappa shape index (κ1) is 14.3. The van der Waals surface area contributed by atoms with E-state index in [-0.39, 0.29) is 6.54 Å². The van der Waals surface area contributed by atoms with E-state index in [1.807, 2.05) is 0 Å². The predicted octanol–water partition coefficient (Wildman–Crippen LogP) is -1.39. The van der Waals surface area contributed by atoms with Crippen LogP contribution in [-0.4, -0.2) is 59.5 Å². The molecule has 0 saturated heterocycles. The maximum atomic E-state index is 11.9. The number of rotatable bonds is 9. The van der Waals surface area contributed by atoms with Crippen molar-refractivity contribution in [3.05, 3.63) is 5.82 Å². The van der Waals surface area contributed by atoms with Gasteiger partial charge < -0.3 is 5.32 Å². The van der Waals surface area contributed by atoms with Crippen LogP contribution in [0.3, 0.4) is 0 Å². The summed E-state index contributed by atoms with van der Waals surface area (Å²) in [5.41, 5.74) is 0. The smallest absolute Gasteiger partial charge is 0.279 e. The minimum absolute atomic E-state index is 0.0312. The average Bonchev–Trinajstić information content (AvgIpc) is 3.05. The van der Waals surface area contributed by atoms with Crippen molar-refractivity contribution in [2.45, 2.75) is 31.8 Å². The molecule has 0 unspecified atom stereocenters. The van der Waals surface area contributed by atoms with Gasteiger partial charge >= 0.3 is 0 Å². The van der Waals surface area contributed by atoms with Gasteiger partial charge in [-0.15, -0.1) is 10.2 Å². The van der Waals surface area contributed by atoms with Gasteiger partial charge in [-0.05, 0) is 25.8 Å². The molecule has 0 spiro atoms. The number of aromatic amines is 1. The normalized spacial score (nSPS) is 16.1. The van der Waals surface area contributed by atoms with Crippen molar-refractivity contribution in [1.82, 2.24) is 35.0 Å². The molecule has 10 heteroatoms. The number of hydrogen-bond donors (Lipinski definition) is 3. The van der Waals surface area contributed by atoms with Gasteiger partial charge in [0.2, 0.25) is 0 Å². The van der Waals surface area contributed by atoms with E-state index in [1.54, 1.807) is 7.05 Å². The van der Waals surface area contributed by atoms with Crippen LogP contribution in [0.1, 0.15) is 25.1 Å². The molecule has 1 saturated carbocycles. The fourth-order valence-corrected chi connectivity index (χ4v) is 2.44. The largest absolute Gasteiger partial charge is 0.314 e. The molecule has 0 aromatic carbocycles. The van der Waals surface area contributed by atoms with E-state index >= 15 is 0 Å². The summed E-state index contributed by atoms with van der Waals surface area (Å²) in [5, 5.41) is 16.3. The number of nitrogens with zero attached hydrogens (tertiary/aromatic N) is 4. The molecule has 0 radical (unpaired) electrons. The summed E-state index contributed by atoms with van der Waals surface area (Å²) in [5.74, 6) is 0.312. The summed E-state index contributed by atoms with van der Waals surface area (Å²) >= 11 is 0. The molecule has 1 aromatic heterocycles.